The van der Waals surface area contributed by atoms with Crippen LogP contribution in [0.2, 0.25) is 0 Å². The number of amides is 1. The molecule has 2 N–H and O–H groups in total. The maximum atomic E-state index is 11.2. The molecule has 0 aliphatic heterocycles. The molecule has 0 fully saturated rings. The van der Waals surface area contributed by atoms with Gasteiger partial charge < -0.3 is 10.3 Å². The summed E-state index contributed by atoms with van der Waals surface area (Å²) in [6.07, 6.45) is 3.67. The molecule has 0 radical (unpaired) electrons. The molecule has 0 atom stereocenters. The van der Waals surface area contributed by atoms with Gasteiger partial charge in [0.15, 0.2) is 0 Å². The van der Waals surface area contributed by atoms with Crippen molar-refractivity contribution in [2.45, 2.75) is 6.92 Å². The van der Waals surface area contributed by atoms with Gasteiger partial charge in [0.1, 0.15) is 5.65 Å². The SMILES string of the molecule is CC(=O)Nc1ccccc1-c1cnc2[nH]ccc2c1. The van der Waals surface area contributed by atoms with Crippen LogP contribution in [0.5, 0.6) is 0 Å². The smallest absolute Gasteiger partial charge is 0.221 e. The van der Waals surface area contributed by atoms with Crippen molar-refractivity contribution in [2.24, 2.45) is 0 Å². The Balaban J connectivity index is 2.12. The van der Waals surface area contributed by atoms with Gasteiger partial charge in [-0.15, -0.1) is 0 Å². The van der Waals surface area contributed by atoms with Crippen LogP contribution in [0.15, 0.2) is 48.8 Å². The summed E-state index contributed by atoms with van der Waals surface area (Å²) < 4.78 is 0. The van der Waals surface area contributed by atoms with Crippen molar-refractivity contribution in [3.8, 4) is 11.1 Å². The predicted octanol–water partition coefficient (Wildman–Crippen LogP) is 3.19. The zero-order valence-electron chi connectivity index (χ0n) is 10.5. The number of fused-ring (bicyclic) bond motifs is 1. The topological polar surface area (TPSA) is 57.8 Å². The lowest BCUT2D eigenvalue weighted by Crippen LogP contribution is -2.06. The van der Waals surface area contributed by atoms with Crippen LogP contribution in [0.1, 0.15) is 6.92 Å². The minimum Gasteiger partial charge on any atom is -0.346 e. The van der Waals surface area contributed by atoms with E-state index in [1.807, 2.05) is 36.5 Å². The molecular formula is C15H13N3O. The standard InChI is InChI=1S/C15H13N3O/c1-10(19)18-14-5-3-2-4-13(14)12-8-11-6-7-16-15(11)17-9-12/h2-9H,1H3,(H,16,17)(H,18,19). The number of nitrogens with one attached hydrogen (secondary N) is 2. The fourth-order valence-electron chi connectivity index (χ4n) is 2.12. The summed E-state index contributed by atoms with van der Waals surface area (Å²) in [5.74, 6) is -0.0804. The van der Waals surface area contributed by atoms with Gasteiger partial charge in [-0.1, -0.05) is 18.2 Å². The van der Waals surface area contributed by atoms with Gasteiger partial charge in [-0.25, -0.2) is 4.98 Å². The Morgan fingerprint density at radius 3 is 2.95 bits per heavy atom. The molecular weight excluding hydrogens is 238 g/mol. The molecule has 0 spiro atoms. The van der Waals surface area contributed by atoms with E-state index in [1.54, 1.807) is 6.20 Å². The molecule has 4 nitrogen and oxygen atoms in total. The van der Waals surface area contributed by atoms with E-state index in [-0.39, 0.29) is 5.91 Å². The third-order valence-electron chi connectivity index (χ3n) is 2.95. The molecule has 3 rings (SSSR count). The molecule has 0 unspecified atom stereocenters. The Morgan fingerprint density at radius 1 is 1.26 bits per heavy atom. The lowest BCUT2D eigenvalue weighted by atomic mass is 10.0. The number of aromatic nitrogens is 2. The number of pyridine rings is 1. The number of carbonyl (C=O) groups excluding carboxylic acids is 1. The van der Waals surface area contributed by atoms with Gasteiger partial charge in [0.2, 0.25) is 5.91 Å². The predicted molar refractivity (Wildman–Crippen MR) is 75.8 cm³/mol. The maximum absolute atomic E-state index is 11.2. The molecule has 3 aromatic rings. The van der Waals surface area contributed by atoms with E-state index in [2.05, 4.69) is 21.4 Å². The van der Waals surface area contributed by atoms with Crippen LogP contribution in [0.4, 0.5) is 5.69 Å². The van der Waals surface area contributed by atoms with Gasteiger partial charge in [0, 0.05) is 41.5 Å². The van der Waals surface area contributed by atoms with Crippen LogP contribution in [-0.4, -0.2) is 15.9 Å². The van der Waals surface area contributed by atoms with Crippen molar-refractivity contribution in [1.82, 2.24) is 9.97 Å². The number of nitrogens with zero attached hydrogens (tertiary/aromatic N) is 1. The average molecular weight is 251 g/mol. The summed E-state index contributed by atoms with van der Waals surface area (Å²) in [5, 5.41) is 3.89. The number of H-pyrrole nitrogens is 1. The number of carbonyl (C=O) groups is 1. The molecule has 0 aliphatic rings. The average Bonchev–Trinajstić information content (AvgIpc) is 2.86. The molecule has 4 heteroatoms. The first-order valence-electron chi connectivity index (χ1n) is 6.04. The number of hydrogen-bond donors (Lipinski definition) is 2. The number of anilines is 1. The van der Waals surface area contributed by atoms with Crippen LogP contribution in [0, 0.1) is 0 Å². The molecule has 2 heterocycles. The fraction of sp³-hybridized carbons (Fsp3) is 0.0667. The van der Waals surface area contributed by atoms with Gasteiger partial charge in [-0.2, -0.15) is 0 Å². The molecule has 19 heavy (non-hydrogen) atoms. The van der Waals surface area contributed by atoms with Gasteiger partial charge in [0.25, 0.3) is 0 Å². The highest BCUT2D eigenvalue weighted by molar-refractivity contribution is 5.95. The number of hydrogen-bond acceptors (Lipinski definition) is 2. The first-order valence-corrected chi connectivity index (χ1v) is 6.04. The maximum Gasteiger partial charge on any atom is 0.221 e. The van der Waals surface area contributed by atoms with Gasteiger partial charge in [-0.05, 0) is 18.2 Å². The summed E-state index contributed by atoms with van der Waals surface area (Å²) in [6, 6.07) is 11.7. The molecule has 1 aromatic carbocycles. The van der Waals surface area contributed by atoms with Crippen LogP contribution >= 0.6 is 0 Å². The Labute approximate surface area is 110 Å². The van der Waals surface area contributed by atoms with E-state index in [0.717, 1.165) is 27.8 Å². The highest BCUT2D eigenvalue weighted by atomic mass is 16.1. The lowest BCUT2D eigenvalue weighted by Gasteiger charge is -2.09. The van der Waals surface area contributed by atoms with E-state index in [1.165, 1.54) is 6.92 Å². The minimum absolute atomic E-state index is 0.0804. The monoisotopic (exact) mass is 251 g/mol. The van der Waals surface area contributed by atoms with Crippen molar-refractivity contribution < 1.29 is 4.79 Å². The number of para-hydroxylation sites is 1. The van der Waals surface area contributed by atoms with Gasteiger partial charge in [-0.3, -0.25) is 4.79 Å². The van der Waals surface area contributed by atoms with Crippen LogP contribution in [0.25, 0.3) is 22.2 Å². The Kier molecular flexibility index (Phi) is 2.76. The van der Waals surface area contributed by atoms with Gasteiger partial charge in [0.05, 0.1) is 0 Å². The highest BCUT2D eigenvalue weighted by Crippen LogP contribution is 2.29. The number of benzene rings is 1. The normalized spacial score (nSPS) is 10.6. The second kappa shape index (κ2) is 4.57. The molecule has 1 amide bonds. The fourth-order valence-corrected chi connectivity index (χ4v) is 2.12. The third-order valence-corrected chi connectivity index (χ3v) is 2.95. The van der Waals surface area contributed by atoms with Crippen molar-refractivity contribution in [2.75, 3.05) is 5.32 Å². The molecule has 94 valence electrons. The van der Waals surface area contributed by atoms with Crippen LogP contribution in [0.3, 0.4) is 0 Å². The van der Waals surface area contributed by atoms with E-state index in [4.69, 9.17) is 0 Å². The van der Waals surface area contributed by atoms with Crippen LogP contribution in [-0.2, 0) is 4.79 Å². The second-order valence-corrected chi connectivity index (χ2v) is 4.37. The largest absolute Gasteiger partial charge is 0.346 e. The molecule has 0 aliphatic carbocycles. The summed E-state index contributed by atoms with van der Waals surface area (Å²) in [6.45, 7) is 1.50. The molecule has 2 aromatic heterocycles. The third kappa shape index (κ3) is 2.20. The van der Waals surface area contributed by atoms with Crippen molar-refractivity contribution in [1.29, 1.82) is 0 Å². The highest BCUT2D eigenvalue weighted by Gasteiger charge is 2.07. The zero-order valence-corrected chi connectivity index (χ0v) is 10.5. The van der Waals surface area contributed by atoms with Crippen LogP contribution < -0.4 is 5.32 Å². The Bertz CT molecular complexity index is 746. The van der Waals surface area contributed by atoms with Crippen molar-refractivity contribution >= 4 is 22.6 Å². The van der Waals surface area contributed by atoms with Crippen molar-refractivity contribution in [3.63, 3.8) is 0 Å². The minimum atomic E-state index is -0.0804. The van der Waals surface area contributed by atoms with Gasteiger partial charge >= 0.3 is 0 Å². The first kappa shape index (κ1) is 11.5. The van der Waals surface area contributed by atoms with Crippen molar-refractivity contribution in [3.05, 3.63) is 48.8 Å². The Hall–Kier alpha value is -2.62. The summed E-state index contributed by atoms with van der Waals surface area (Å²) >= 11 is 0. The van der Waals surface area contributed by atoms with E-state index < -0.39 is 0 Å². The summed E-state index contributed by atoms with van der Waals surface area (Å²) in [7, 11) is 0. The molecule has 0 saturated heterocycles. The first-order chi connectivity index (χ1) is 9.24. The Morgan fingerprint density at radius 2 is 2.11 bits per heavy atom. The number of rotatable bonds is 2. The summed E-state index contributed by atoms with van der Waals surface area (Å²) in [5.41, 5.74) is 3.61. The second-order valence-electron chi connectivity index (χ2n) is 4.37. The number of aromatic amines is 1. The molecule has 0 saturated carbocycles. The lowest BCUT2D eigenvalue weighted by molar-refractivity contribution is -0.114. The van der Waals surface area contributed by atoms with E-state index in [9.17, 15) is 4.79 Å². The molecule has 0 bridgehead atoms. The quantitative estimate of drug-likeness (QED) is 0.734. The zero-order chi connectivity index (χ0) is 13.2. The summed E-state index contributed by atoms with van der Waals surface area (Å²) in [4.78, 5) is 18.7. The van der Waals surface area contributed by atoms with E-state index >= 15 is 0 Å². The van der Waals surface area contributed by atoms with E-state index in [0.29, 0.717) is 0 Å².